The Labute approximate surface area is 337 Å². The molecule has 0 N–H and O–H groups in total. The number of benzene rings is 8. The summed E-state index contributed by atoms with van der Waals surface area (Å²) in [5, 5.41) is 10.0. The van der Waals surface area contributed by atoms with Crippen LogP contribution in [-0.2, 0) is 5.41 Å². The van der Waals surface area contributed by atoms with Crippen LogP contribution >= 0.6 is 0 Å². The van der Waals surface area contributed by atoms with Crippen molar-refractivity contribution in [3.63, 3.8) is 0 Å². The molecule has 0 saturated carbocycles. The van der Waals surface area contributed by atoms with Gasteiger partial charge in [-0.2, -0.15) is 5.26 Å². The van der Waals surface area contributed by atoms with Crippen molar-refractivity contribution in [3.05, 3.63) is 228 Å². The van der Waals surface area contributed by atoms with Gasteiger partial charge in [-0.3, -0.25) is 0 Å². The Bertz CT molecular complexity index is 2990. The van der Waals surface area contributed by atoms with E-state index in [1.54, 1.807) is 0 Å². The Morgan fingerprint density at radius 3 is 1.53 bits per heavy atom. The molecule has 9 aromatic rings. The molecule has 58 heavy (non-hydrogen) atoms. The predicted octanol–water partition coefficient (Wildman–Crippen LogP) is 13.2. The van der Waals surface area contributed by atoms with E-state index >= 15 is 0 Å². The summed E-state index contributed by atoms with van der Waals surface area (Å²) in [5.74, 6) is 2.39. The third-order valence-corrected chi connectivity index (χ3v) is 11.6. The fourth-order valence-corrected chi connectivity index (χ4v) is 8.94. The van der Waals surface area contributed by atoms with Gasteiger partial charge in [-0.15, -0.1) is 0 Å². The van der Waals surface area contributed by atoms with Crippen molar-refractivity contribution in [1.82, 2.24) is 9.97 Å². The van der Waals surface area contributed by atoms with Crippen LogP contribution in [0.1, 0.15) is 27.8 Å². The molecule has 4 heteroatoms. The summed E-state index contributed by atoms with van der Waals surface area (Å²) in [4.78, 5) is 10.0. The molecule has 0 radical (unpaired) electrons. The number of hydrogen-bond acceptors (Lipinski definition) is 4. The van der Waals surface area contributed by atoms with Gasteiger partial charge in [0.25, 0.3) is 0 Å². The smallest absolute Gasteiger partial charge is 0.160 e. The Morgan fingerprint density at radius 1 is 0.379 bits per heavy atom. The zero-order valence-corrected chi connectivity index (χ0v) is 31.3. The summed E-state index contributed by atoms with van der Waals surface area (Å²) in [7, 11) is 0. The van der Waals surface area contributed by atoms with Crippen molar-refractivity contribution in [1.29, 1.82) is 5.26 Å². The van der Waals surface area contributed by atoms with E-state index in [0.29, 0.717) is 11.4 Å². The molecule has 0 amide bonds. The lowest BCUT2D eigenvalue weighted by Gasteiger charge is -2.39. The van der Waals surface area contributed by atoms with Crippen LogP contribution in [0, 0.1) is 11.3 Å². The number of nitriles is 1. The van der Waals surface area contributed by atoms with Crippen LogP contribution in [0.25, 0.3) is 67.3 Å². The van der Waals surface area contributed by atoms with E-state index in [1.807, 2.05) is 60.7 Å². The van der Waals surface area contributed by atoms with Gasteiger partial charge in [0.05, 0.1) is 28.4 Å². The molecular formula is C54H33N3O. The number of nitrogens with zero attached hydrogens (tertiary/aromatic N) is 3. The second-order valence-electron chi connectivity index (χ2n) is 14.8. The zero-order chi connectivity index (χ0) is 38.6. The van der Waals surface area contributed by atoms with Gasteiger partial charge in [0, 0.05) is 27.8 Å². The maximum Gasteiger partial charge on any atom is 0.160 e. The fourth-order valence-electron chi connectivity index (χ4n) is 8.94. The molecule has 1 aliphatic heterocycles. The van der Waals surface area contributed by atoms with Crippen molar-refractivity contribution >= 4 is 0 Å². The summed E-state index contributed by atoms with van der Waals surface area (Å²) in [6.07, 6.45) is 0. The van der Waals surface area contributed by atoms with E-state index in [0.717, 1.165) is 89.6 Å². The highest BCUT2D eigenvalue weighted by molar-refractivity contribution is 5.91. The van der Waals surface area contributed by atoms with Gasteiger partial charge < -0.3 is 4.74 Å². The second-order valence-corrected chi connectivity index (χ2v) is 14.8. The third-order valence-electron chi connectivity index (χ3n) is 11.6. The molecule has 0 bridgehead atoms. The zero-order valence-electron chi connectivity index (χ0n) is 31.3. The topological polar surface area (TPSA) is 58.8 Å². The van der Waals surface area contributed by atoms with Crippen LogP contribution in [0.4, 0.5) is 0 Å². The first-order valence-electron chi connectivity index (χ1n) is 19.4. The molecule has 8 aromatic carbocycles. The normalized spacial score (nSPS) is 12.7. The molecule has 1 spiro atoms. The number of rotatable bonds is 5. The standard InChI is InChI=1S/C54H33N3O/c55-34-35-22-28-45-43(30-35)44-32-41(27-29-46(44)54(45)47-18-7-9-20-51(47)58-52-21-10-8-19-48(52)54)37-25-23-36(24-26-37)40-16-11-17-42(31-40)50-33-49(38-12-3-1-4-13-38)56-53(57-50)39-14-5-2-6-15-39/h1-33H. The number of aromatic nitrogens is 2. The molecule has 11 rings (SSSR count). The summed E-state index contributed by atoms with van der Waals surface area (Å²) >= 11 is 0. The van der Waals surface area contributed by atoms with Crippen molar-refractivity contribution in [2.24, 2.45) is 0 Å². The van der Waals surface area contributed by atoms with E-state index in [2.05, 4.69) is 146 Å². The van der Waals surface area contributed by atoms with Gasteiger partial charge in [0.2, 0.25) is 0 Å². The number of ether oxygens (including phenoxy) is 1. The second kappa shape index (κ2) is 13.4. The highest BCUT2D eigenvalue weighted by atomic mass is 16.5. The largest absolute Gasteiger partial charge is 0.457 e. The van der Waals surface area contributed by atoms with Gasteiger partial charge in [0.15, 0.2) is 5.82 Å². The van der Waals surface area contributed by atoms with Crippen LogP contribution in [0.3, 0.4) is 0 Å². The van der Waals surface area contributed by atoms with Crippen molar-refractivity contribution < 1.29 is 4.74 Å². The molecule has 0 fully saturated rings. The van der Waals surface area contributed by atoms with Crippen LogP contribution in [0.2, 0.25) is 0 Å². The minimum atomic E-state index is -0.578. The molecule has 270 valence electrons. The van der Waals surface area contributed by atoms with Gasteiger partial charge in [-0.1, -0.05) is 158 Å². The first-order valence-corrected chi connectivity index (χ1v) is 19.4. The van der Waals surface area contributed by atoms with Crippen LogP contribution in [0.5, 0.6) is 11.5 Å². The van der Waals surface area contributed by atoms with Crippen molar-refractivity contribution in [2.75, 3.05) is 0 Å². The maximum absolute atomic E-state index is 10.0. The molecule has 1 aliphatic carbocycles. The van der Waals surface area contributed by atoms with E-state index in [-0.39, 0.29) is 0 Å². The van der Waals surface area contributed by atoms with Gasteiger partial charge in [0.1, 0.15) is 11.5 Å². The molecule has 0 saturated heterocycles. The maximum atomic E-state index is 10.0. The van der Waals surface area contributed by atoms with Crippen molar-refractivity contribution in [3.8, 4) is 84.9 Å². The lowest BCUT2D eigenvalue weighted by atomic mass is 9.66. The number of para-hydroxylation sites is 2. The van der Waals surface area contributed by atoms with Crippen LogP contribution in [0.15, 0.2) is 200 Å². The van der Waals surface area contributed by atoms with Gasteiger partial charge in [-0.05, 0) is 87.0 Å². The molecule has 0 unspecified atom stereocenters. The van der Waals surface area contributed by atoms with E-state index < -0.39 is 5.41 Å². The highest BCUT2D eigenvalue weighted by Crippen LogP contribution is 2.62. The summed E-state index contributed by atoms with van der Waals surface area (Å²) < 4.78 is 6.50. The van der Waals surface area contributed by atoms with Crippen LogP contribution in [-0.4, -0.2) is 9.97 Å². The number of hydrogen-bond donors (Lipinski definition) is 0. The quantitative estimate of drug-likeness (QED) is 0.176. The van der Waals surface area contributed by atoms with E-state index in [9.17, 15) is 5.26 Å². The summed E-state index contributed by atoms with van der Waals surface area (Å²) in [5.41, 5.74) is 16.1. The van der Waals surface area contributed by atoms with E-state index in [1.165, 1.54) is 5.56 Å². The van der Waals surface area contributed by atoms with Crippen LogP contribution < -0.4 is 4.74 Å². The minimum Gasteiger partial charge on any atom is -0.457 e. The Balaban J connectivity index is 0.985. The van der Waals surface area contributed by atoms with Gasteiger partial charge in [-0.25, -0.2) is 9.97 Å². The van der Waals surface area contributed by atoms with Gasteiger partial charge >= 0.3 is 0 Å². The first-order chi connectivity index (χ1) is 28.7. The Hall–Kier alpha value is -7.87. The summed E-state index contributed by atoms with van der Waals surface area (Å²) in [6, 6.07) is 71.9. The molecule has 1 aromatic heterocycles. The van der Waals surface area contributed by atoms with Crippen molar-refractivity contribution in [2.45, 2.75) is 5.41 Å². The minimum absolute atomic E-state index is 0.578. The lowest BCUT2D eigenvalue weighted by Crippen LogP contribution is -2.32. The SMILES string of the molecule is N#Cc1ccc2c(c1)-c1cc(-c3ccc(-c4cccc(-c5cc(-c6ccccc6)nc(-c6ccccc6)n5)c4)cc3)ccc1C21c2ccccc2Oc2ccccc21. The molecule has 2 aliphatic rings. The Kier molecular flexibility index (Phi) is 7.74. The lowest BCUT2D eigenvalue weighted by molar-refractivity contribution is 0.436. The van der Waals surface area contributed by atoms with E-state index in [4.69, 9.17) is 14.7 Å². The third kappa shape index (κ3) is 5.29. The monoisotopic (exact) mass is 739 g/mol. The number of fused-ring (bicyclic) bond motifs is 9. The average Bonchev–Trinajstić information content (AvgIpc) is 3.58. The molecule has 0 atom stereocenters. The fraction of sp³-hybridized carbons (Fsp3) is 0.0185. The Morgan fingerprint density at radius 2 is 0.879 bits per heavy atom. The average molecular weight is 740 g/mol. The first kappa shape index (κ1) is 33.5. The molecule has 2 heterocycles. The summed E-state index contributed by atoms with van der Waals surface area (Å²) in [6.45, 7) is 0. The predicted molar refractivity (Wildman–Crippen MR) is 231 cm³/mol. The highest BCUT2D eigenvalue weighted by Gasteiger charge is 2.51. The molecule has 4 nitrogen and oxygen atoms in total. The molecular weight excluding hydrogens is 707 g/mol.